The van der Waals surface area contributed by atoms with Gasteiger partial charge in [-0.3, -0.25) is 0 Å². The molecule has 1 aromatic carbocycles. The SMILES string of the molecule is Cc1nc(C(=O)OC2=CC(Oc3ccc(F)cc3)CC=C2)co1. The van der Waals surface area contributed by atoms with E-state index in [9.17, 15) is 9.18 Å². The van der Waals surface area contributed by atoms with E-state index in [1.165, 1.54) is 18.4 Å². The first-order chi connectivity index (χ1) is 11.1. The van der Waals surface area contributed by atoms with E-state index in [-0.39, 0.29) is 17.6 Å². The molecule has 118 valence electrons. The molecule has 0 saturated carbocycles. The van der Waals surface area contributed by atoms with Gasteiger partial charge in [0.25, 0.3) is 0 Å². The summed E-state index contributed by atoms with van der Waals surface area (Å²) in [6.45, 7) is 1.64. The molecule has 5 nitrogen and oxygen atoms in total. The summed E-state index contributed by atoms with van der Waals surface area (Å²) in [6.07, 6.45) is 6.79. The molecule has 1 atom stereocenters. The molecule has 1 heterocycles. The van der Waals surface area contributed by atoms with Gasteiger partial charge in [-0.25, -0.2) is 14.2 Å². The van der Waals surface area contributed by atoms with Gasteiger partial charge in [0.05, 0.1) is 0 Å². The van der Waals surface area contributed by atoms with Crippen LogP contribution >= 0.6 is 0 Å². The van der Waals surface area contributed by atoms with E-state index in [1.54, 1.807) is 31.2 Å². The van der Waals surface area contributed by atoms with Crippen LogP contribution in [0.15, 0.2) is 58.9 Å². The summed E-state index contributed by atoms with van der Waals surface area (Å²) in [5.74, 6) is 0.381. The van der Waals surface area contributed by atoms with Gasteiger partial charge in [-0.15, -0.1) is 0 Å². The summed E-state index contributed by atoms with van der Waals surface area (Å²) in [6, 6.07) is 5.74. The van der Waals surface area contributed by atoms with E-state index in [2.05, 4.69) is 4.98 Å². The second-order valence-electron chi connectivity index (χ2n) is 4.96. The Hall–Kier alpha value is -2.89. The van der Waals surface area contributed by atoms with Gasteiger partial charge in [0.2, 0.25) is 0 Å². The molecule has 6 heteroatoms. The number of nitrogens with zero attached hydrogens (tertiary/aromatic N) is 1. The van der Waals surface area contributed by atoms with E-state index in [1.807, 2.05) is 6.08 Å². The highest BCUT2D eigenvalue weighted by Crippen LogP contribution is 2.20. The zero-order chi connectivity index (χ0) is 16.2. The number of carbonyl (C=O) groups is 1. The van der Waals surface area contributed by atoms with Crippen molar-refractivity contribution in [3.63, 3.8) is 0 Å². The summed E-state index contributed by atoms with van der Waals surface area (Å²) in [4.78, 5) is 15.8. The fourth-order valence-electron chi connectivity index (χ4n) is 2.08. The highest BCUT2D eigenvalue weighted by molar-refractivity contribution is 5.87. The maximum atomic E-state index is 12.9. The van der Waals surface area contributed by atoms with Crippen molar-refractivity contribution in [3.05, 3.63) is 71.9 Å². The summed E-state index contributed by atoms with van der Waals surface area (Å²) in [5, 5.41) is 0. The highest BCUT2D eigenvalue weighted by atomic mass is 19.1. The first-order valence-electron chi connectivity index (χ1n) is 7.05. The minimum absolute atomic E-state index is 0.110. The summed E-state index contributed by atoms with van der Waals surface area (Å²) in [5.41, 5.74) is 0.110. The van der Waals surface area contributed by atoms with Crippen LogP contribution in [0.1, 0.15) is 22.8 Å². The predicted molar refractivity (Wildman–Crippen MR) is 79.3 cm³/mol. The van der Waals surface area contributed by atoms with Gasteiger partial charge < -0.3 is 13.9 Å². The third-order valence-corrected chi connectivity index (χ3v) is 3.14. The molecular formula is C17H14FNO4. The number of aryl methyl sites for hydroxylation is 1. The molecular weight excluding hydrogens is 301 g/mol. The summed E-state index contributed by atoms with van der Waals surface area (Å²) < 4.78 is 28.8. The Morgan fingerprint density at radius 2 is 2.13 bits per heavy atom. The molecule has 3 rings (SSSR count). The maximum absolute atomic E-state index is 12.9. The number of rotatable bonds is 4. The van der Waals surface area contributed by atoms with Crippen LogP contribution in [0.25, 0.3) is 0 Å². The molecule has 0 fully saturated rings. The molecule has 1 aliphatic carbocycles. The molecule has 0 amide bonds. The topological polar surface area (TPSA) is 61.6 Å². The third kappa shape index (κ3) is 3.85. The number of ether oxygens (including phenoxy) is 2. The van der Waals surface area contributed by atoms with Gasteiger partial charge in [0, 0.05) is 13.3 Å². The van der Waals surface area contributed by atoms with Crippen LogP contribution in [-0.2, 0) is 4.74 Å². The minimum atomic E-state index is -0.597. The number of carbonyl (C=O) groups excluding carboxylic acids is 1. The van der Waals surface area contributed by atoms with Crippen LogP contribution in [0, 0.1) is 12.7 Å². The van der Waals surface area contributed by atoms with Gasteiger partial charge in [0.15, 0.2) is 11.6 Å². The van der Waals surface area contributed by atoms with Crippen LogP contribution in [0.3, 0.4) is 0 Å². The number of benzene rings is 1. The van der Waals surface area contributed by atoms with Crippen molar-refractivity contribution in [1.82, 2.24) is 4.98 Å². The lowest BCUT2D eigenvalue weighted by Crippen LogP contribution is -2.17. The molecule has 0 radical (unpaired) electrons. The predicted octanol–water partition coefficient (Wildman–Crippen LogP) is 3.57. The summed E-state index contributed by atoms with van der Waals surface area (Å²) >= 11 is 0. The van der Waals surface area contributed by atoms with Crippen LogP contribution in [0.4, 0.5) is 4.39 Å². The number of esters is 1. The van der Waals surface area contributed by atoms with E-state index in [0.717, 1.165) is 0 Å². The fraction of sp³-hybridized carbons (Fsp3) is 0.176. The van der Waals surface area contributed by atoms with E-state index < -0.39 is 5.97 Å². The second-order valence-corrected chi connectivity index (χ2v) is 4.96. The molecule has 1 unspecified atom stereocenters. The standard InChI is InChI=1S/C17H14FNO4/c1-11-19-16(10-21-11)17(20)23-15-4-2-3-14(9-15)22-13-7-5-12(18)6-8-13/h2,4-10,14H,3H2,1H3. The van der Waals surface area contributed by atoms with Crippen LogP contribution in [-0.4, -0.2) is 17.1 Å². The number of halogens is 1. The zero-order valence-corrected chi connectivity index (χ0v) is 12.4. The van der Waals surface area contributed by atoms with Gasteiger partial charge in [-0.05, 0) is 36.4 Å². The monoisotopic (exact) mass is 315 g/mol. The Labute approximate surface area is 132 Å². The smallest absolute Gasteiger partial charge is 0.365 e. The first-order valence-corrected chi connectivity index (χ1v) is 7.05. The van der Waals surface area contributed by atoms with Gasteiger partial charge in [-0.2, -0.15) is 0 Å². The average molecular weight is 315 g/mol. The van der Waals surface area contributed by atoms with Crippen molar-refractivity contribution in [2.24, 2.45) is 0 Å². The van der Waals surface area contributed by atoms with Crippen molar-refractivity contribution in [2.75, 3.05) is 0 Å². The Morgan fingerprint density at radius 1 is 1.35 bits per heavy atom. The van der Waals surface area contributed by atoms with Gasteiger partial charge >= 0.3 is 5.97 Å². The summed E-state index contributed by atoms with van der Waals surface area (Å²) in [7, 11) is 0. The fourth-order valence-corrected chi connectivity index (χ4v) is 2.08. The zero-order valence-electron chi connectivity index (χ0n) is 12.4. The van der Waals surface area contributed by atoms with Gasteiger partial charge in [0.1, 0.15) is 29.7 Å². The number of hydrogen-bond acceptors (Lipinski definition) is 5. The molecule has 0 N–H and O–H groups in total. The number of hydrogen-bond donors (Lipinski definition) is 0. The maximum Gasteiger partial charge on any atom is 0.365 e. The van der Waals surface area contributed by atoms with E-state index >= 15 is 0 Å². The quantitative estimate of drug-likeness (QED) is 0.807. The third-order valence-electron chi connectivity index (χ3n) is 3.14. The largest absolute Gasteiger partial charge is 0.486 e. The first kappa shape index (κ1) is 15.0. The van der Waals surface area contributed by atoms with Crippen molar-refractivity contribution < 1.29 is 23.1 Å². The number of allylic oxidation sites excluding steroid dienone is 1. The van der Waals surface area contributed by atoms with Crippen LogP contribution < -0.4 is 4.74 Å². The second kappa shape index (κ2) is 6.48. The molecule has 2 aromatic rings. The molecule has 1 aliphatic rings. The Bertz CT molecular complexity index is 761. The minimum Gasteiger partial charge on any atom is -0.486 e. The highest BCUT2D eigenvalue weighted by Gasteiger charge is 2.17. The van der Waals surface area contributed by atoms with E-state index in [4.69, 9.17) is 13.9 Å². The number of oxazole rings is 1. The van der Waals surface area contributed by atoms with Crippen molar-refractivity contribution in [1.29, 1.82) is 0 Å². The average Bonchev–Trinajstić information content (AvgIpc) is 2.97. The molecule has 0 aliphatic heterocycles. The lowest BCUT2D eigenvalue weighted by molar-refractivity contribution is 0.0624. The van der Waals surface area contributed by atoms with Crippen molar-refractivity contribution in [3.8, 4) is 5.75 Å². The van der Waals surface area contributed by atoms with Crippen LogP contribution in [0.2, 0.25) is 0 Å². The Morgan fingerprint density at radius 3 is 2.83 bits per heavy atom. The lowest BCUT2D eigenvalue weighted by atomic mass is 10.1. The molecule has 23 heavy (non-hydrogen) atoms. The van der Waals surface area contributed by atoms with E-state index in [0.29, 0.717) is 23.8 Å². The number of aromatic nitrogens is 1. The Balaban J connectivity index is 1.65. The van der Waals surface area contributed by atoms with Crippen LogP contribution in [0.5, 0.6) is 5.75 Å². The molecule has 0 saturated heterocycles. The normalized spacial score (nSPS) is 16.8. The van der Waals surface area contributed by atoms with Crippen molar-refractivity contribution >= 4 is 5.97 Å². The van der Waals surface area contributed by atoms with Crippen molar-refractivity contribution in [2.45, 2.75) is 19.4 Å². The molecule has 1 aromatic heterocycles. The molecule has 0 bridgehead atoms. The Kier molecular flexibility index (Phi) is 4.23. The molecule has 0 spiro atoms. The van der Waals surface area contributed by atoms with Gasteiger partial charge in [-0.1, -0.05) is 6.08 Å². The lowest BCUT2D eigenvalue weighted by Gasteiger charge is -2.18.